The highest BCUT2D eigenvalue weighted by atomic mass is 16.4. The lowest BCUT2D eigenvalue weighted by Crippen LogP contribution is -2.09. The van der Waals surface area contributed by atoms with Gasteiger partial charge in [0.25, 0.3) is 0 Å². The maximum absolute atomic E-state index is 10.8. The summed E-state index contributed by atoms with van der Waals surface area (Å²) in [6.07, 6.45) is -0.0520. The summed E-state index contributed by atoms with van der Waals surface area (Å²) >= 11 is 0. The zero-order chi connectivity index (χ0) is 11.4. The number of tetrazole rings is 1. The first-order chi connectivity index (χ1) is 7.77. The lowest BCUT2D eigenvalue weighted by atomic mass is 9.95. The third-order valence-electron chi connectivity index (χ3n) is 2.25. The molecular weight excluding hydrogens is 208 g/mol. The van der Waals surface area contributed by atoms with Crippen LogP contribution in [0.1, 0.15) is 23.7 Å². The van der Waals surface area contributed by atoms with Gasteiger partial charge >= 0.3 is 5.97 Å². The highest BCUT2D eigenvalue weighted by Gasteiger charge is 2.21. The Hall–Kier alpha value is -2.24. The van der Waals surface area contributed by atoms with Crippen molar-refractivity contribution in [2.45, 2.75) is 12.3 Å². The fourth-order valence-corrected chi connectivity index (χ4v) is 1.54. The van der Waals surface area contributed by atoms with Gasteiger partial charge in [-0.25, -0.2) is 0 Å². The quantitative estimate of drug-likeness (QED) is 0.792. The van der Waals surface area contributed by atoms with Gasteiger partial charge in [0, 0.05) is 0 Å². The van der Waals surface area contributed by atoms with Crippen molar-refractivity contribution in [2.24, 2.45) is 0 Å². The molecule has 0 aliphatic carbocycles. The highest BCUT2D eigenvalue weighted by Crippen LogP contribution is 2.24. The Morgan fingerprint density at radius 3 is 2.69 bits per heavy atom. The van der Waals surface area contributed by atoms with Gasteiger partial charge in [0.15, 0.2) is 5.82 Å². The van der Waals surface area contributed by atoms with Crippen molar-refractivity contribution < 1.29 is 9.90 Å². The van der Waals surface area contributed by atoms with Crippen molar-refractivity contribution in [3.8, 4) is 0 Å². The number of aromatic nitrogens is 4. The van der Waals surface area contributed by atoms with Gasteiger partial charge in [0.05, 0.1) is 12.3 Å². The van der Waals surface area contributed by atoms with Crippen molar-refractivity contribution in [3.63, 3.8) is 0 Å². The maximum Gasteiger partial charge on any atom is 0.304 e. The minimum atomic E-state index is -0.890. The van der Waals surface area contributed by atoms with Gasteiger partial charge in [0.1, 0.15) is 0 Å². The van der Waals surface area contributed by atoms with Crippen LogP contribution >= 0.6 is 0 Å². The van der Waals surface area contributed by atoms with Gasteiger partial charge in [-0.1, -0.05) is 35.5 Å². The summed E-state index contributed by atoms with van der Waals surface area (Å²) in [5.74, 6) is -0.857. The van der Waals surface area contributed by atoms with Crippen molar-refractivity contribution >= 4 is 5.97 Å². The van der Waals surface area contributed by atoms with Gasteiger partial charge in [-0.05, 0) is 5.56 Å². The average molecular weight is 218 g/mol. The van der Waals surface area contributed by atoms with Crippen LogP contribution in [0.15, 0.2) is 30.3 Å². The van der Waals surface area contributed by atoms with Crippen molar-refractivity contribution in [3.05, 3.63) is 41.7 Å². The average Bonchev–Trinajstić information content (AvgIpc) is 2.80. The number of benzene rings is 1. The van der Waals surface area contributed by atoms with Crippen LogP contribution in [0.5, 0.6) is 0 Å². The zero-order valence-corrected chi connectivity index (χ0v) is 8.37. The van der Waals surface area contributed by atoms with Crippen LogP contribution in [0.3, 0.4) is 0 Å². The minimum absolute atomic E-state index is 0.0520. The molecule has 0 radical (unpaired) electrons. The molecular formula is C10H10N4O2. The molecule has 1 heterocycles. The SMILES string of the molecule is O=C(O)CC(c1ccccc1)c1nn[nH]n1. The predicted octanol–water partition coefficient (Wildman–Crippen LogP) is 0.806. The van der Waals surface area contributed by atoms with E-state index in [1.54, 1.807) is 0 Å². The first-order valence-corrected chi connectivity index (χ1v) is 4.77. The third kappa shape index (κ3) is 2.22. The number of aromatic amines is 1. The Kier molecular flexibility index (Phi) is 2.90. The van der Waals surface area contributed by atoms with E-state index in [2.05, 4.69) is 20.6 Å². The van der Waals surface area contributed by atoms with Crippen LogP contribution < -0.4 is 0 Å². The number of aliphatic carboxylic acids is 1. The number of nitrogens with one attached hydrogen (secondary N) is 1. The number of hydrogen-bond donors (Lipinski definition) is 2. The van der Waals surface area contributed by atoms with E-state index in [9.17, 15) is 4.79 Å². The molecule has 1 aromatic carbocycles. The number of hydrogen-bond acceptors (Lipinski definition) is 4. The highest BCUT2D eigenvalue weighted by molar-refractivity contribution is 5.68. The molecule has 6 nitrogen and oxygen atoms in total. The molecule has 2 aromatic rings. The van der Waals surface area contributed by atoms with Gasteiger partial charge in [-0.15, -0.1) is 10.2 Å². The molecule has 16 heavy (non-hydrogen) atoms. The van der Waals surface area contributed by atoms with Crippen LogP contribution in [0.2, 0.25) is 0 Å². The number of carboxylic acids is 1. The number of carbonyl (C=O) groups is 1. The Labute approximate surface area is 91.3 Å². The Morgan fingerprint density at radius 1 is 1.38 bits per heavy atom. The molecule has 0 aliphatic heterocycles. The molecule has 82 valence electrons. The Bertz CT molecular complexity index is 455. The van der Waals surface area contributed by atoms with E-state index in [-0.39, 0.29) is 12.3 Å². The largest absolute Gasteiger partial charge is 0.481 e. The van der Waals surface area contributed by atoms with E-state index in [1.807, 2.05) is 30.3 Å². The standard InChI is InChI=1S/C10H10N4O2/c15-9(16)6-8(10-11-13-14-12-10)7-4-2-1-3-5-7/h1-5,8H,6H2,(H,15,16)(H,11,12,13,14). The van der Waals surface area contributed by atoms with Gasteiger partial charge in [-0.3, -0.25) is 4.79 Å². The second-order valence-corrected chi connectivity index (χ2v) is 3.33. The summed E-state index contributed by atoms with van der Waals surface area (Å²) < 4.78 is 0. The summed E-state index contributed by atoms with van der Waals surface area (Å²) in [4.78, 5) is 10.8. The molecule has 0 aliphatic rings. The Morgan fingerprint density at radius 2 is 2.12 bits per heavy atom. The lowest BCUT2D eigenvalue weighted by molar-refractivity contribution is -0.137. The van der Waals surface area contributed by atoms with Crippen molar-refractivity contribution in [1.82, 2.24) is 20.6 Å². The van der Waals surface area contributed by atoms with Gasteiger partial charge < -0.3 is 5.11 Å². The van der Waals surface area contributed by atoms with E-state index in [0.717, 1.165) is 5.56 Å². The molecule has 0 spiro atoms. The van der Waals surface area contributed by atoms with Crippen LogP contribution in [-0.4, -0.2) is 31.7 Å². The molecule has 0 bridgehead atoms. The summed E-state index contributed by atoms with van der Waals surface area (Å²) in [5, 5.41) is 22.3. The summed E-state index contributed by atoms with van der Waals surface area (Å²) in [6, 6.07) is 9.28. The molecule has 0 saturated heterocycles. The molecule has 1 aromatic heterocycles. The molecule has 0 saturated carbocycles. The summed E-state index contributed by atoms with van der Waals surface area (Å²) in [6.45, 7) is 0. The van der Waals surface area contributed by atoms with Crippen LogP contribution in [0.25, 0.3) is 0 Å². The van der Waals surface area contributed by atoms with Crippen LogP contribution in [0, 0.1) is 0 Å². The lowest BCUT2D eigenvalue weighted by Gasteiger charge is -2.10. The molecule has 0 fully saturated rings. The second kappa shape index (κ2) is 4.52. The minimum Gasteiger partial charge on any atom is -0.481 e. The van der Waals surface area contributed by atoms with Crippen molar-refractivity contribution in [1.29, 1.82) is 0 Å². The number of H-pyrrole nitrogens is 1. The smallest absolute Gasteiger partial charge is 0.304 e. The zero-order valence-electron chi connectivity index (χ0n) is 8.37. The molecule has 1 atom stereocenters. The monoisotopic (exact) mass is 218 g/mol. The van der Waals surface area contributed by atoms with Crippen LogP contribution in [-0.2, 0) is 4.79 Å². The fourth-order valence-electron chi connectivity index (χ4n) is 1.54. The molecule has 6 heteroatoms. The first-order valence-electron chi connectivity index (χ1n) is 4.77. The molecule has 0 amide bonds. The third-order valence-corrected chi connectivity index (χ3v) is 2.25. The number of rotatable bonds is 4. The number of carboxylic acid groups (broad SMARTS) is 1. The van der Waals surface area contributed by atoms with Gasteiger partial charge in [-0.2, -0.15) is 5.21 Å². The normalized spacial score (nSPS) is 12.2. The van der Waals surface area contributed by atoms with E-state index in [0.29, 0.717) is 5.82 Å². The number of nitrogens with zero attached hydrogens (tertiary/aromatic N) is 3. The predicted molar refractivity (Wildman–Crippen MR) is 54.7 cm³/mol. The van der Waals surface area contributed by atoms with E-state index in [4.69, 9.17) is 5.11 Å². The molecule has 2 N–H and O–H groups in total. The topological polar surface area (TPSA) is 91.8 Å². The Balaban J connectivity index is 2.32. The molecule has 2 rings (SSSR count). The second-order valence-electron chi connectivity index (χ2n) is 3.33. The fraction of sp³-hybridized carbons (Fsp3) is 0.200. The van der Waals surface area contributed by atoms with E-state index < -0.39 is 5.97 Å². The summed E-state index contributed by atoms with van der Waals surface area (Å²) in [5.41, 5.74) is 0.867. The molecule has 1 unspecified atom stereocenters. The van der Waals surface area contributed by atoms with E-state index in [1.165, 1.54) is 0 Å². The van der Waals surface area contributed by atoms with Crippen LogP contribution in [0.4, 0.5) is 0 Å². The van der Waals surface area contributed by atoms with Crippen molar-refractivity contribution in [2.75, 3.05) is 0 Å². The summed E-state index contributed by atoms with van der Waals surface area (Å²) in [7, 11) is 0. The van der Waals surface area contributed by atoms with Gasteiger partial charge in [0.2, 0.25) is 0 Å². The first kappa shape index (κ1) is 10.3. The maximum atomic E-state index is 10.8. The van der Waals surface area contributed by atoms with E-state index >= 15 is 0 Å².